The van der Waals surface area contributed by atoms with Crippen LogP contribution in [0, 0.1) is 0 Å². The van der Waals surface area contributed by atoms with E-state index in [0.29, 0.717) is 16.7 Å². The molecule has 1 aliphatic carbocycles. The van der Waals surface area contributed by atoms with Gasteiger partial charge in [-0.25, -0.2) is 0 Å². The Morgan fingerprint density at radius 3 is 2.85 bits per heavy atom. The number of rotatable bonds is 4. The number of carbonyl (C=O) groups excluding carboxylic acids is 2. The molecule has 2 atom stereocenters. The van der Waals surface area contributed by atoms with Gasteiger partial charge in [-0.15, -0.1) is 11.8 Å². The summed E-state index contributed by atoms with van der Waals surface area (Å²) in [5.41, 5.74) is 1.05. The molecule has 0 spiro atoms. The highest BCUT2D eigenvalue weighted by molar-refractivity contribution is 8.04. The summed E-state index contributed by atoms with van der Waals surface area (Å²) in [6, 6.07) is 8.08. The third-order valence-electron chi connectivity index (χ3n) is 5.00. The molecular formula is C20H26N2O3S. The van der Waals surface area contributed by atoms with Crippen LogP contribution in [0.5, 0.6) is 5.75 Å². The SMILES string of the molecule is COc1cccc(CN2C(=O)/C(=C\C(=O)N(C)C)SC3CCCCC32)c1. The van der Waals surface area contributed by atoms with Crippen molar-refractivity contribution in [1.82, 2.24) is 9.80 Å². The Bertz CT molecular complexity index is 717. The molecule has 2 amide bonds. The number of benzene rings is 1. The average Bonchev–Trinajstić information content (AvgIpc) is 2.65. The maximum Gasteiger partial charge on any atom is 0.261 e. The fraction of sp³-hybridized carbons (Fsp3) is 0.500. The van der Waals surface area contributed by atoms with Crippen LogP contribution in [0.15, 0.2) is 35.2 Å². The van der Waals surface area contributed by atoms with Crippen LogP contribution in [0.4, 0.5) is 0 Å². The maximum atomic E-state index is 13.1. The monoisotopic (exact) mass is 374 g/mol. The lowest BCUT2D eigenvalue weighted by molar-refractivity contribution is -0.131. The fourth-order valence-electron chi connectivity index (χ4n) is 3.57. The smallest absolute Gasteiger partial charge is 0.261 e. The number of methoxy groups -OCH3 is 1. The van der Waals surface area contributed by atoms with Crippen molar-refractivity contribution in [1.29, 1.82) is 0 Å². The molecule has 0 N–H and O–H groups in total. The van der Waals surface area contributed by atoms with Gasteiger partial charge in [0.05, 0.1) is 12.0 Å². The molecule has 5 nitrogen and oxygen atoms in total. The second-order valence-corrected chi connectivity index (χ2v) is 8.31. The quantitative estimate of drug-likeness (QED) is 0.760. The predicted octanol–water partition coefficient (Wildman–Crippen LogP) is 3.05. The van der Waals surface area contributed by atoms with Crippen LogP contribution >= 0.6 is 11.8 Å². The van der Waals surface area contributed by atoms with Crippen molar-refractivity contribution in [3.05, 3.63) is 40.8 Å². The first kappa shape index (κ1) is 18.8. The molecule has 6 heteroatoms. The second kappa shape index (κ2) is 8.16. The highest BCUT2D eigenvalue weighted by atomic mass is 32.2. The van der Waals surface area contributed by atoms with Crippen LogP contribution < -0.4 is 4.74 Å². The molecule has 26 heavy (non-hydrogen) atoms. The Morgan fingerprint density at radius 1 is 1.35 bits per heavy atom. The minimum atomic E-state index is -0.142. The molecule has 1 aromatic rings. The summed E-state index contributed by atoms with van der Waals surface area (Å²) in [6.07, 6.45) is 5.95. The summed E-state index contributed by atoms with van der Waals surface area (Å²) < 4.78 is 5.31. The van der Waals surface area contributed by atoms with Gasteiger partial charge in [0, 0.05) is 38.0 Å². The number of fused-ring (bicyclic) bond motifs is 1. The van der Waals surface area contributed by atoms with Crippen LogP contribution in [0.3, 0.4) is 0 Å². The Hall–Kier alpha value is -1.95. The van der Waals surface area contributed by atoms with E-state index < -0.39 is 0 Å². The summed E-state index contributed by atoms with van der Waals surface area (Å²) in [5, 5.41) is 0.369. The molecule has 140 valence electrons. The number of amides is 2. The molecule has 0 radical (unpaired) electrons. The number of hydrogen-bond acceptors (Lipinski definition) is 4. The molecule has 0 aromatic heterocycles. The number of thioether (sulfide) groups is 1. The summed E-state index contributed by atoms with van der Waals surface area (Å²) in [6.45, 7) is 0.547. The van der Waals surface area contributed by atoms with E-state index in [1.54, 1.807) is 33.0 Å². The van der Waals surface area contributed by atoms with E-state index >= 15 is 0 Å². The number of ether oxygens (including phenoxy) is 1. The first-order valence-electron chi connectivity index (χ1n) is 9.03. The zero-order valence-corrected chi connectivity index (χ0v) is 16.4. The summed E-state index contributed by atoms with van der Waals surface area (Å²) in [4.78, 5) is 29.3. The van der Waals surface area contributed by atoms with Crippen molar-refractivity contribution in [3.8, 4) is 5.75 Å². The van der Waals surface area contributed by atoms with E-state index in [4.69, 9.17) is 4.74 Å². The Kier molecular flexibility index (Phi) is 5.91. The van der Waals surface area contributed by atoms with E-state index in [-0.39, 0.29) is 17.9 Å². The molecular weight excluding hydrogens is 348 g/mol. The van der Waals surface area contributed by atoms with E-state index in [1.165, 1.54) is 17.4 Å². The minimum absolute atomic E-state index is 0.0313. The van der Waals surface area contributed by atoms with Crippen molar-refractivity contribution in [2.75, 3.05) is 21.2 Å². The topological polar surface area (TPSA) is 49.9 Å². The third-order valence-corrected chi connectivity index (χ3v) is 6.40. The average molecular weight is 375 g/mol. The van der Waals surface area contributed by atoms with Gasteiger partial charge in [0.15, 0.2) is 0 Å². The van der Waals surface area contributed by atoms with E-state index in [2.05, 4.69) is 0 Å². The molecule has 1 saturated heterocycles. The number of nitrogens with zero attached hydrogens (tertiary/aromatic N) is 2. The van der Waals surface area contributed by atoms with E-state index in [1.807, 2.05) is 29.2 Å². The zero-order valence-electron chi connectivity index (χ0n) is 15.6. The Labute approximate surface area is 159 Å². The zero-order chi connectivity index (χ0) is 18.7. The number of hydrogen-bond donors (Lipinski definition) is 0. The highest BCUT2D eigenvalue weighted by Gasteiger charge is 2.40. The molecule has 1 aromatic carbocycles. The number of carbonyl (C=O) groups is 2. The molecule has 1 heterocycles. The molecule has 1 aliphatic heterocycles. The van der Waals surface area contributed by atoms with Gasteiger partial charge >= 0.3 is 0 Å². The Morgan fingerprint density at radius 2 is 2.12 bits per heavy atom. The molecule has 2 aliphatic rings. The van der Waals surface area contributed by atoms with Gasteiger partial charge in [0.1, 0.15) is 5.75 Å². The van der Waals surface area contributed by atoms with E-state index in [9.17, 15) is 9.59 Å². The first-order chi connectivity index (χ1) is 12.5. The van der Waals surface area contributed by atoms with Gasteiger partial charge < -0.3 is 14.5 Å². The largest absolute Gasteiger partial charge is 0.497 e. The van der Waals surface area contributed by atoms with Crippen LogP contribution in [0.1, 0.15) is 31.2 Å². The van der Waals surface area contributed by atoms with Crippen LogP contribution in [-0.4, -0.2) is 54.1 Å². The molecule has 3 rings (SSSR count). The van der Waals surface area contributed by atoms with E-state index in [0.717, 1.165) is 30.6 Å². The van der Waals surface area contributed by atoms with Gasteiger partial charge in [0.25, 0.3) is 5.91 Å². The summed E-state index contributed by atoms with van der Waals surface area (Å²) in [5.74, 6) is 0.618. The predicted molar refractivity (Wildman–Crippen MR) is 104 cm³/mol. The van der Waals surface area contributed by atoms with Crippen molar-refractivity contribution < 1.29 is 14.3 Å². The lowest BCUT2D eigenvalue weighted by Crippen LogP contribution is -2.51. The van der Waals surface area contributed by atoms with Crippen LogP contribution in [-0.2, 0) is 16.1 Å². The fourth-order valence-corrected chi connectivity index (χ4v) is 5.01. The minimum Gasteiger partial charge on any atom is -0.497 e. The summed E-state index contributed by atoms with van der Waals surface area (Å²) in [7, 11) is 5.05. The molecule has 2 fully saturated rings. The molecule has 2 unspecified atom stereocenters. The molecule has 0 bridgehead atoms. The van der Waals surface area contributed by atoms with Gasteiger partial charge in [-0.1, -0.05) is 25.0 Å². The second-order valence-electron chi connectivity index (χ2n) is 7.03. The van der Waals surface area contributed by atoms with Gasteiger partial charge in [-0.05, 0) is 30.5 Å². The van der Waals surface area contributed by atoms with Crippen LogP contribution in [0.2, 0.25) is 0 Å². The van der Waals surface area contributed by atoms with Gasteiger partial charge in [-0.2, -0.15) is 0 Å². The molecule has 1 saturated carbocycles. The Balaban J connectivity index is 1.88. The lowest BCUT2D eigenvalue weighted by Gasteiger charge is -2.44. The van der Waals surface area contributed by atoms with Crippen molar-refractivity contribution in [2.24, 2.45) is 0 Å². The lowest BCUT2D eigenvalue weighted by atomic mass is 9.92. The van der Waals surface area contributed by atoms with Crippen molar-refractivity contribution in [3.63, 3.8) is 0 Å². The first-order valence-corrected chi connectivity index (χ1v) is 9.91. The number of likely N-dealkylation sites (N-methyl/N-ethyl adjacent to an activating group) is 1. The van der Waals surface area contributed by atoms with Crippen LogP contribution in [0.25, 0.3) is 0 Å². The van der Waals surface area contributed by atoms with Gasteiger partial charge in [-0.3, -0.25) is 9.59 Å². The summed E-state index contributed by atoms with van der Waals surface area (Å²) >= 11 is 1.59. The maximum absolute atomic E-state index is 13.1. The standard InChI is InChI=1S/C20H26N2O3S/c1-21(2)19(23)12-18-20(24)22(16-9-4-5-10-17(16)26-18)13-14-7-6-8-15(11-14)25-3/h6-8,11-12,16-17H,4-5,9-10,13H2,1-3H3/b18-12+. The normalized spacial score (nSPS) is 24.3. The highest BCUT2D eigenvalue weighted by Crippen LogP contribution is 2.42. The van der Waals surface area contributed by atoms with Crippen molar-refractivity contribution >= 4 is 23.6 Å². The van der Waals surface area contributed by atoms with Crippen molar-refractivity contribution in [2.45, 2.75) is 43.5 Å². The van der Waals surface area contributed by atoms with Gasteiger partial charge in [0.2, 0.25) is 5.91 Å². The third kappa shape index (κ3) is 4.06.